The highest BCUT2D eigenvalue weighted by molar-refractivity contribution is 6.30. The predicted octanol–water partition coefficient (Wildman–Crippen LogP) is 4.35. The number of benzene rings is 2. The van der Waals surface area contributed by atoms with Crippen LogP contribution in [0.4, 0.5) is 0 Å². The number of hydrogen-bond acceptors (Lipinski definition) is 3. The number of hydrogen-bond donors (Lipinski definition) is 1. The van der Waals surface area contributed by atoms with E-state index < -0.39 is 0 Å². The van der Waals surface area contributed by atoms with Gasteiger partial charge in [0.2, 0.25) is 0 Å². The number of hydrazone groups is 1. The van der Waals surface area contributed by atoms with E-state index in [2.05, 4.69) is 17.5 Å². The van der Waals surface area contributed by atoms with E-state index in [-0.39, 0.29) is 12.5 Å². The minimum atomic E-state index is -0.297. The van der Waals surface area contributed by atoms with Gasteiger partial charge in [0, 0.05) is 5.02 Å². The summed E-state index contributed by atoms with van der Waals surface area (Å²) in [6.07, 6.45) is 1.74. The number of ether oxygens (including phenoxy) is 1. The number of nitrogens with one attached hydrogen (secondary N) is 1. The lowest BCUT2D eigenvalue weighted by atomic mass is 10.1. The Balaban J connectivity index is 1.95. The fraction of sp³-hybridized carbons (Fsp3) is 0.263. The number of halogens is 1. The van der Waals surface area contributed by atoms with E-state index in [1.54, 1.807) is 18.2 Å². The van der Waals surface area contributed by atoms with Gasteiger partial charge in [0.05, 0.1) is 5.71 Å². The van der Waals surface area contributed by atoms with E-state index in [1.807, 2.05) is 37.3 Å². The van der Waals surface area contributed by atoms with Gasteiger partial charge in [-0.25, -0.2) is 5.43 Å². The molecule has 0 unspecified atom stereocenters. The maximum atomic E-state index is 12.0. The number of amides is 1. The average molecular weight is 345 g/mol. The molecule has 5 heteroatoms. The summed E-state index contributed by atoms with van der Waals surface area (Å²) in [5.41, 5.74) is 5.31. The Morgan fingerprint density at radius 2 is 1.96 bits per heavy atom. The molecule has 0 atom stereocenters. The van der Waals surface area contributed by atoms with Crippen LogP contribution in [0.15, 0.2) is 53.6 Å². The molecular weight excluding hydrogens is 324 g/mol. The van der Waals surface area contributed by atoms with Gasteiger partial charge in [-0.15, -0.1) is 0 Å². The number of carbonyl (C=O) groups excluding carboxylic acids is 1. The second-order valence-corrected chi connectivity index (χ2v) is 5.84. The highest BCUT2D eigenvalue weighted by Gasteiger charge is 2.07. The summed E-state index contributed by atoms with van der Waals surface area (Å²) >= 11 is 5.90. The number of aryl methyl sites for hydroxylation is 1. The van der Waals surface area contributed by atoms with Gasteiger partial charge in [-0.05, 0) is 42.7 Å². The van der Waals surface area contributed by atoms with E-state index in [0.717, 1.165) is 29.7 Å². The Kier molecular flexibility index (Phi) is 6.82. The highest BCUT2D eigenvalue weighted by atomic mass is 35.5. The van der Waals surface area contributed by atoms with Crippen LogP contribution in [0.25, 0.3) is 0 Å². The van der Waals surface area contributed by atoms with Crippen molar-refractivity contribution >= 4 is 23.2 Å². The first-order valence-corrected chi connectivity index (χ1v) is 8.27. The van der Waals surface area contributed by atoms with E-state index in [1.165, 1.54) is 0 Å². The zero-order valence-corrected chi connectivity index (χ0v) is 14.6. The molecule has 0 saturated carbocycles. The number of rotatable bonds is 7. The smallest absolute Gasteiger partial charge is 0.277 e. The molecule has 1 amide bonds. The van der Waals surface area contributed by atoms with Gasteiger partial charge in [0.25, 0.3) is 5.91 Å². The van der Waals surface area contributed by atoms with E-state index in [4.69, 9.17) is 16.3 Å². The Bertz CT molecular complexity index is 715. The lowest BCUT2D eigenvalue weighted by Crippen LogP contribution is -2.26. The molecule has 4 nitrogen and oxygen atoms in total. The molecule has 1 N–H and O–H groups in total. The van der Waals surface area contributed by atoms with Gasteiger partial charge in [-0.3, -0.25) is 4.79 Å². The van der Waals surface area contributed by atoms with Crippen molar-refractivity contribution in [1.82, 2.24) is 5.43 Å². The highest BCUT2D eigenvalue weighted by Crippen LogP contribution is 2.21. The van der Waals surface area contributed by atoms with Crippen molar-refractivity contribution in [2.24, 2.45) is 5.10 Å². The molecule has 0 radical (unpaired) electrons. The maximum Gasteiger partial charge on any atom is 0.277 e. The zero-order chi connectivity index (χ0) is 17.4. The molecular formula is C19H21ClN2O2. The monoisotopic (exact) mass is 344 g/mol. The molecule has 0 aliphatic rings. The first kappa shape index (κ1) is 18.0. The van der Waals surface area contributed by atoms with Crippen molar-refractivity contribution in [2.45, 2.75) is 26.7 Å². The van der Waals surface area contributed by atoms with Crippen molar-refractivity contribution in [1.29, 1.82) is 0 Å². The van der Waals surface area contributed by atoms with E-state index in [9.17, 15) is 4.79 Å². The fourth-order valence-corrected chi connectivity index (χ4v) is 2.44. The van der Waals surface area contributed by atoms with Gasteiger partial charge >= 0.3 is 0 Å². The van der Waals surface area contributed by atoms with Crippen LogP contribution in [-0.2, 0) is 4.79 Å². The van der Waals surface area contributed by atoms with Crippen LogP contribution in [-0.4, -0.2) is 18.2 Å². The SMILES string of the molecule is CCCC(=NNC(=O)COc1ccc(Cl)cc1C)c1ccccc1. The van der Waals surface area contributed by atoms with Crippen molar-refractivity contribution in [3.8, 4) is 5.75 Å². The first-order valence-electron chi connectivity index (χ1n) is 7.90. The summed E-state index contributed by atoms with van der Waals surface area (Å²) in [5, 5.41) is 4.89. The Hall–Kier alpha value is -2.33. The normalized spacial score (nSPS) is 11.2. The lowest BCUT2D eigenvalue weighted by Gasteiger charge is -2.09. The standard InChI is InChI=1S/C19H21ClN2O2/c1-3-7-17(15-8-5-4-6-9-15)21-22-19(23)13-24-18-11-10-16(20)12-14(18)2/h4-6,8-12H,3,7,13H2,1-2H3,(H,22,23). The molecule has 24 heavy (non-hydrogen) atoms. The maximum absolute atomic E-state index is 12.0. The van der Waals surface area contributed by atoms with Crippen LogP contribution >= 0.6 is 11.6 Å². The van der Waals surface area contributed by atoms with Crippen LogP contribution < -0.4 is 10.2 Å². The van der Waals surface area contributed by atoms with Crippen molar-refractivity contribution in [3.63, 3.8) is 0 Å². The quantitative estimate of drug-likeness (QED) is 0.599. The van der Waals surface area contributed by atoms with Gasteiger partial charge < -0.3 is 4.74 Å². The van der Waals surface area contributed by atoms with Crippen LogP contribution in [0.3, 0.4) is 0 Å². The van der Waals surface area contributed by atoms with E-state index >= 15 is 0 Å². The summed E-state index contributed by atoms with van der Waals surface area (Å²) in [6, 6.07) is 15.1. The Morgan fingerprint density at radius 1 is 1.21 bits per heavy atom. The summed E-state index contributed by atoms with van der Waals surface area (Å²) in [7, 11) is 0. The van der Waals surface area contributed by atoms with Crippen LogP contribution in [0, 0.1) is 6.92 Å². The summed E-state index contributed by atoms with van der Waals surface area (Å²) in [6.45, 7) is 3.86. The molecule has 0 aliphatic carbocycles. The topological polar surface area (TPSA) is 50.7 Å². The molecule has 0 heterocycles. The minimum Gasteiger partial charge on any atom is -0.483 e. The van der Waals surface area contributed by atoms with E-state index in [0.29, 0.717) is 10.8 Å². The summed E-state index contributed by atoms with van der Waals surface area (Å²) in [4.78, 5) is 12.0. The zero-order valence-electron chi connectivity index (χ0n) is 13.9. The van der Waals surface area contributed by atoms with Crippen LogP contribution in [0.1, 0.15) is 30.9 Å². The van der Waals surface area contributed by atoms with Gasteiger partial charge in [0.15, 0.2) is 6.61 Å². The lowest BCUT2D eigenvalue weighted by molar-refractivity contribution is -0.123. The molecule has 0 spiro atoms. The number of carbonyl (C=O) groups is 1. The van der Waals surface area contributed by atoms with Crippen LogP contribution in [0.5, 0.6) is 5.75 Å². The predicted molar refractivity (Wildman–Crippen MR) is 97.7 cm³/mol. The molecule has 2 aromatic rings. The Morgan fingerprint density at radius 3 is 2.62 bits per heavy atom. The molecule has 0 bridgehead atoms. The molecule has 2 rings (SSSR count). The van der Waals surface area contributed by atoms with Crippen molar-refractivity contribution < 1.29 is 9.53 Å². The Labute approximate surface area is 147 Å². The first-order chi connectivity index (χ1) is 11.6. The molecule has 0 fully saturated rings. The van der Waals surface area contributed by atoms with Gasteiger partial charge in [0.1, 0.15) is 5.75 Å². The van der Waals surface area contributed by atoms with Crippen molar-refractivity contribution in [2.75, 3.05) is 6.61 Å². The average Bonchev–Trinajstić information content (AvgIpc) is 2.58. The second kappa shape index (κ2) is 9.08. The van der Waals surface area contributed by atoms with Crippen LogP contribution in [0.2, 0.25) is 5.02 Å². The largest absolute Gasteiger partial charge is 0.483 e. The third-order valence-corrected chi connectivity index (χ3v) is 3.64. The summed E-state index contributed by atoms with van der Waals surface area (Å²) in [5.74, 6) is 0.337. The summed E-state index contributed by atoms with van der Waals surface area (Å²) < 4.78 is 5.51. The molecule has 0 aromatic heterocycles. The third kappa shape index (κ3) is 5.39. The molecule has 0 saturated heterocycles. The number of nitrogens with zero attached hydrogens (tertiary/aromatic N) is 1. The van der Waals surface area contributed by atoms with Crippen molar-refractivity contribution in [3.05, 3.63) is 64.7 Å². The molecule has 126 valence electrons. The third-order valence-electron chi connectivity index (χ3n) is 3.41. The fourth-order valence-electron chi connectivity index (χ4n) is 2.21. The molecule has 0 aliphatic heterocycles. The minimum absolute atomic E-state index is 0.0971. The molecule has 2 aromatic carbocycles. The second-order valence-electron chi connectivity index (χ2n) is 5.41. The van der Waals surface area contributed by atoms with Gasteiger partial charge in [-0.2, -0.15) is 5.10 Å². The van der Waals surface area contributed by atoms with Gasteiger partial charge in [-0.1, -0.05) is 55.3 Å².